The average molecular weight is 330 g/mol. The van der Waals surface area contributed by atoms with Gasteiger partial charge in [-0.1, -0.05) is 23.4 Å². The van der Waals surface area contributed by atoms with E-state index in [-0.39, 0.29) is 12.5 Å². The number of benzene rings is 1. The average Bonchev–Trinajstić information content (AvgIpc) is 3.22. The van der Waals surface area contributed by atoms with Gasteiger partial charge in [-0.3, -0.25) is 4.79 Å². The molecule has 1 unspecified atom stereocenters. The third kappa shape index (κ3) is 3.07. The summed E-state index contributed by atoms with van der Waals surface area (Å²) >= 11 is 1.29. The van der Waals surface area contributed by atoms with Gasteiger partial charge >= 0.3 is 5.97 Å². The second-order valence-electron chi connectivity index (χ2n) is 4.63. The molecule has 0 radical (unpaired) electrons. The number of thiophene rings is 1. The van der Waals surface area contributed by atoms with Crippen molar-refractivity contribution in [3.8, 4) is 0 Å². The van der Waals surface area contributed by atoms with E-state index in [0.29, 0.717) is 15.9 Å². The summed E-state index contributed by atoms with van der Waals surface area (Å²) in [6, 6.07) is 10.6. The monoisotopic (exact) mass is 330 g/mol. The molecule has 0 fully saturated rings. The van der Waals surface area contributed by atoms with E-state index in [1.54, 1.807) is 36.6 Å². The van der Waals surface area contributed by atoms with Crippen LogP contribution in [0.5, 0.6) is 0 Å². The Morgan fingerprint density at radius 2 is 2.13 bits per heavy atom. The zero-order chi connectivity index (χ0) is 16.2. The van der Waals surface area contributed by atoms with E-state index in [1.165, 1.54) is 16.0 Å². The molecule has 2 heterocycles. The van der Waals surface area contributed by atoms with Crippen LogP contribution in [-0.4, -0.2) is 33.5 Å². The summed E-state index contributed by atoms with van der Waals surface area (Å²) in [7, 11) is 0. The highest BCUT2D eigenvalue weighted by atomic mass is 32.1. The van der Waals surface area contributed by atoms with Gasteiger partial charge < -0.3 is 10.1 Å². The van der Waals surface area contributed by atoms with Crippen molar-refractivity contribution < 1.29 is 14.3 Å². The Morgan fingerprint density at radius 3 is 2.87 bits per heavy atom. The second kappa shape index (κ2) is 6.57. The van der Waals surface area contributed by atoms with Crippen LogP contribution in [0.4, 0.5) is 0 Å². The SMILES string of the molecule is CCOC(=O)C(NC(=O)c1cccs1)n1nnc2ccccc21. The summed E-state index contributed by atoms with van der Waals surface area (Å²) in [5.41, 5.74) is 1.27. The number of aromatic nitrogens is 3. The van der Waals surface area contributed by atoms with E-state index in [2.05, 4.69) is 15.6 Å². The van der Waals surface area contributed by atoms with Crippen molar-refractivity contribution >= 4 is 34.2 Å². The highest BCUT2D eigenvalue weighted by Crippen LogP contribution is 2.17. The summed E-state index contributed by atoms with van der Waals surface area (Å²) in [5, 5.41) is 12.4. The molecule has 0 saturated carbocycles. The van der Waals surface area contributed by atoms with Crippen molar-refractivity contribution in [2.75, 3.05) is 6.61 Å². The van der Waals surface area contributed by atoms with Crippen molar-refractivity contribution in [1.82, 2.24) is 20.3 Å². The van der Waals surface area contributed by atoms with Crippen LogP contribution < -0.4 is 5.32 Å². The number of para-hydroxylation sites is 1. The van der Waals surface area contributed by atoms with E-state index in [4.69, 9.17) is 4.74 Å². The molecule has 0 aliphatic rings. The predicted molar refractivity (Wildman–Crippen MR) is 85.0 cm³/mol. The first-order valence-electron chi connectivity index (χ1n) is 7.01. The third-order valence-electron chi connectivity index (χ3n) is 3.14. The summed E-state index contributed by atoms with van der Waals surface area (Å²) in [4.78, 5) is 25.1. The van der Waals surface area contributed by atoms with Crippen molar-refractivity contribution in [2.45, 2.75) is 13.1 Å². The van der Waals surface area contributed by atoms with Crippen LogP contribution in [0.15, 0.2) is 41.8 Å². The first-order valence-corrected chi connectivity index (χ1v) is 7.89. The Labute approximate surface area is 135 Å². The Balaban J connectivity index is 1.95. The second-order valence-corrected chi connectivity index (χ2v) is 5.58. The Morgan fingerprint density at radius 1 is 1.30 bits per heavy atom. The molecule has 3 aromatic rings. The maximum absolute atomic E-state index is 12.3. The minimum Gasteiger partial charge on any atom is -0.463 e. The fourth-order valence-electron chi connectivity index (χ4n) is 2.12. The van der Waals surface area contributed by atoms with Crippen LogP contribution >= 0.6 is 11.3 Å². The number of nitrogens with zero attached hydrogens (tertiary/aromatic N) is 3. The van der Waals surface area contributed by atoms with Crippen LogP contribution in [0.3, 0.4) is 0 Å². The summed E-state index contributed by atoms with van der Waals surface area (Å²) in [5.74, 6) is -0.953. The van der Waals surface area contributed by atoms with Gasteiger partial charge in [-0.05, 0) is 30.5 Å². The molecule has 7 nitrogen and oxygen atoms in total. The molecular formula is C15H14N4O3S. The molecule has 0 aliphatic carbocycles. The normalized spacial score (nSPS) is 12.0. The molecule has 8 heteroatoms. The molecule has 3 rings (SSSR count). The van der Waals surface area contributed by atoms with E-state index in [9.17, 15) is 9.59 Å². The van der Waals surface area contributed by atoms with Crippen LogP contribution in [0.2, 0.25) is 0 Å². The van der Waals surface area contributed by atoms with Gasteiger partial charge in [0.05, 0.1) is 17.0 Å². The van der Waals surface area contributed by atoms with Gasteiger partial charge in [0.2, 0.25) is 6.17 Å². The van der Waals surface area contributed by atoms with Crippen LogP contribution in [0.1, 0.15) is 22.8 Å². The Kier molecular flexibility index (Phi) is 4.33. The van der Waals surface area contributed by atoms with Crippen molar-refractivity contribution in [1.29, 1.82) is 0 Å². The number of ether oxygens (including phenoxy) is 1. The van der Waals surface area contributed by atoms with Crippen molar-refractivity contribution in [3.05, 3.63) is 46.7 Å². The van der Waals surface area contributed by atoms with Crippen LogP contribution in [0, 0.1) is 0 Å². The first kappa shape index (κ1) is 15.2. The van der Waals surface area contributed by atoms with Crippen LogP contribution in [0.25, 0.3) is 11.0 Å². The smallest absolute Gasteiger partial charge is 0.351 e. The largest absolute Gasteiger partial charge is 0.463 e. The fraction of sp³-hybridized carbons (Fsp3) is 0.200. The minimum absolute atomic E-state index is 0.205. The zero-order valence-electron chi connectivity index (χ0n) is 12.3. The lowest BCUT2D eigenvalue weighted by atomic mass is 10.3. The van der Waals surface area contributed by atoms with Crippen molar-refractivity contribution in [2.24, 2.45) is 0 Å². The summed E-state index contributed by atoms with van der Waals surface area (Å²) in [6.45, 7) is 1.91. The fourth-order valence-corrected chi connectivity index (χ4v) is 2.75. The maximum Gasteiger partial charge on any atom is 0.351 e. The molecule has 2 aromatic heterocycles. The van der Waals surface area contributed by atoms with E-state index in [0.717, 1.165) is 0 Å². The van der Waals surface area contributed by atoms with E-state index in [1.807, 2.05) is 12.1 Å². The van der Waals surface area contributed by atoms with E-state index < -0.39 is 12.1 Å². The number of rotatable bonds is 5. The quantitative estimate of drug-likeness (QED) is 0.723. The molecular weight excluding hydrogens is 316 g/mol. The highest BCUT2D eigenvalue weighted by Gasteiger charge is 2.27. The van der Waals surface area contributed by atoms with Gasteiger partial charge in [0, 0.05) is 0 Å². The number of hydrogen-bond acceptors (Lipinski definition) is 6. The number of carbonyl (C=O) groups is 2. The Hall–Kier alpha value is -2.74. The topological polar surface area (TPSA) is 86.1 Å². The summed E-state index contributed by atoms with van der Waals surface area (Å²) < 4.78 is 6.42. The van der Waals surface area contributed by atoms with Crippen LogP contribution in [-0.2, 0) is 9.53 Å². The number of amides is 1. The zero-order valence-corrected chi connectivity index (χ0v) is 13.1. The number of nitrogens with one attached hydrogen (secondary N) is 1. The van der Waals surface area contributed by atoms with Gasteiger partial charge in [-0.15, -0.1) is 16.4 Å². The van der Waals surface area contributed by atoms with Gasteiger partial charge in [0.15, 0.2) is 0 Å². The van der Waals surface area contributed by atoms with Gasteiger partial charge in [0.25, 0.3) is 5.91 Å². The standard InChI is InChI=1S/C15H14N4O3S/c1-2-22-15(21)13(16-14(20)12-8-5-9-23-12)19-11-7-4-3-6-10(11)17-18-19/h3-9,13H,2H2,1H3,(H,16,20). The molecule has 23 heavy (non-hydrogen) atoms. The molecule has 1 amide bonds. The van der Waals surface area contributed by atoms with E-state index >= 15 is 0 Å². The molecule has 1 N–H and O–H groups in total. The van der Waals surface area contributed by atoms with Crippen molar-refractivity contribution in [3.63, 3.8) is 0 Å². The molecule has 0 spiro atoms. The lowest BCUT2D eigenvalue weighted by molar-refractivity contribution is -0.148. The molecule has 0 bridgehead atoms. The lowest BCUT2D eigenvalue weighted by Gasteiger charge is -2.17. The van der Waals surface area contributed by atoms with Gasteiger partial charge in [-0.25, -0.2) is 9.48 Å². The minimum atomic E-state index is -1.07. The molecule has 118 valence electrons. The predicted octanol–water partition coefficient (Wildman–Crippen LogP) is 1.98. The third-order valence-corrected chi connectivity index (χ3v) is 4.01. The first-order chi connectivity index (χ1) is 11.2. The van der Waals surface area contributed by atoms with Gasteiger partial charge in [0.1, 0.15) is 5.52 Å². The lowest BCUT2D eigenvalue weighted by Crippen LogP contribution is -2.39. The number of esters is 1. The Bertz CT molecular complexity index is 828. The highest BCUT2D eigenvalue weighted by molar-refractivity contribution is 7.12. The number of carbonyl (C=O) groups excluding carboxylic acids is 2. The number of fused-ring (bicyclic) bond motifs is 1. The molecule has 0 aliphatic heterocycles. The molecule has 1 atom stereocenters. The molecule has 0 saturated heterocycles. The number of hydrogen-bond donors (Lipinski definition) is 1. The summed E-state index contributed by atoms with van der Waals surface area (Å²) in [6.07, 6.45) is -1.07. The maximum atomic E-state index is 12.3. The van der Waals surface area contributed by atoms with Gasteiger partial charge in [-0.2, -0.15) is 0 Å². The molecule has 1 aromatic carbocycles.